The highest BCUT2D eigenvalue weighted by Crippen LogP contribution is 2.18. The SMILES string of the molecule is Cc1c(O)n(CC2CCCCN2C)c(=O)[nH]c1=O. The van der Waals surface area contributed by atoms with Crippen molar-refractivity contribution in [3.63, 3.8) is 0 Å². The highest BCUT2D eigenvalue weighted by molar-refractivity contribution is 5.20. The number of rotatable bonds is 2. The first-order valence-electron chi connectivity index (χ1n) is 6.23. The van der Waals surface area contributed by atoms with Gasteiger partial charge in [-0.1, -0.05) is 6.42 Å². The molecular weight excluding hydrogens is 234 g/mol. The summed E-state index contributed by atoms with van der Waals surface area (Å²) in [6.45, 7) is 2.93. The van der Waals surface area contributed by atoms with Crippen molar-refractivity contribution in [3.05, 3.63) is 26.4 Å². The van der Waals surface area contributed by atoms with Gasteiger partial charge in [0, 0.05) is 12.6 Å². The second kappa shape index (κ2) is 4.97. The number of hydrogen-bond donors (Lipinski definition) is 2. The molecule has 6 nitrogen and oxygen atoms in total. The smallest absolute Gasteiger partial charge is 0.331 e. The Balaban J connectivity index is 2.32. The van der Waals surface area contributed by atoms with Crippen LogP contribution >= 0.6 is 0 Å². The highest BCUT2D eigenvalue weighted by atomic mass is 16.3. The fourth-order valence-corrected chi connectivity index (χ4v) is 2.41. The van der Waals surface area contributed by atoms with Crippen molar-refractivity contribution in [2.75, 3.05) is 13.6 Å². The number of nitrogens with zero attached hydrogens (tertiary/aromatic N) is 2. The monoisotopic (exact) mass is 253 g/mol. The van der Waals surface area contributed by atoms with Crippen LogP contribution in [0.3, 0.4) is 0 Å². The molecule has 1 fully saturated rings. The third kappa shape index (κ3) is 2.33. The van der Waals surface area contributed by atoms with Gasteiger partial charge in [0.25, 0.3) is 5.56 Å². The molecule has 1 saturated heterocycles. The lowest BCUT2D eigenvalue weighted by Gasteiger charge is -2.32. The molecule has 0 spiro atoms. The van der Waals surface area contributed by atoms with E-state index in [0.717, 1.165) is 19.4 Å². The van der Waals surface area contributed by atoms with Crippen LogP contribution in [0.1, 0.15) is 24.8 Å². The van der Waals surface area contributed by atoms with Crippen LogP contribution in [0.25, 0.3) is 0 Å². The van der Waals surface area contributed by atoms with E-state index in [9.17, 15) is 14.7 Å². The quantitative estimate of drug-likeness (QED) is 0.779. The maximum Gasteiger partial charge on any atom is 0.331 e. The zero-order valence-corrected chi connectivity index (χ0v) is 10.8. The van der Waals surface area contributed by atoms with E-state index in [-0.39, 0.29) is 17.5 Å². The maximum atomic E-state index is 11.7. The standard InChI is InChI=1S/C12H19N3O3/c1-8-10(16)13-12(18)15(11(8)17)7-9-5-3-4-6-14(9)2/h9,17H,3-7H2,1-2H3,(H,13,16,18). The van der Waals surface area contributed by atoms with E-state index in [1.807, 2.05) is 7.05 Å². The lowest BCUT2D eigenvalue weighted by atomic mass is 10.0. The van der Waals surface area contributed by atoms with E-state index in [4.69, 9.17) is 0 Å². The van der Waals surface area contributed by atoms with Crippen LogP contribution < -0.4 is 11.2 Å². The predicted octanol–water partition coefficient (Wildman–Crippen LogP) is 0.0349. The number of hydrogen-bond acceptors (Lipinski definition) is 4. The number of aromatic hydroxyl groups is 1. The second-order valence-electron chi connectivity index (χ2n) is 4.95. The predicted molar refractivity (Wildman–Crippen MR) is 68.0 cm³/mol. The topological polar surface area (TPSA) is 78.3 Å². The highest BCUT2D eigenvalue weighted by Gasteiger charge is 2.21. The Hall–Kier alpha value is -1.56. The number of H-pyrrole nitrogens is 1. The van der Waals surface area contributed by atoms with Gasteiger partial charge in [0.05, 0.1) is 5.56 Å². The van der Waals surface area contributed by atoms with Gasteiger partial charge in [0.1, 0.15) is 0 Å². The number of likely N-dealkylation sites (N-methyl/N-ethyl adjacent to an activating group) is 1. The number of piperidine rings is 1. The molecule has 2 heterocycles. The van der Waals surface area contributed by atoms with Crippen LogP contribution in [0.15, 0.2) is 9.59 Å². The van der Waals surface area contributed by atoms with E-state index >= 15 is 0 Å². The first kappa shape index (κ1) is 12.9. The summed E-state index contributed by atoms with van der Waals surface area (Å²) in [5, 5.41) is 9.90. The molecule has 1 aromatic rings. The molecule has 1 atom stereocenters. The number of nitrogens with one attached hydrogen (secondary N) is 1. The zero-order chi connectivity index (χ0) is 13.3. The van der Waals surface area contributed by atoms with Gasteiger partial charge in [-0.05, 0) is 33.4 Å². The Bertz CT molecular complexity index is 546. The molecule has 2 rings (SSSR count). The van der Waals surface area contributed by atoms with Crippen LogP contribution in [0.2, 0.25) is 0 Å². The third-order valence-electron chi connectivity index (χ3n) is 3.71. The van der Waals surface area contributed by atoms with E-state index < -0.39 is 11.2 Å². The van der Waals surface area contributed by atoms with Crippen LogP contribution in [-0.4, -0.2) is 39.2 Å². The van der Waals surface area contributed by atoms with Crippen molar-refractivity contribution in [2.24, 2.45) is 0 Å². The van der Waals surface area contributed by atoms with Crippen LogP contribution in [0, 0.1) is 6.92 Å². The molecule has 0 bridgehead atoms. The zero-order valence-electron chi connectivity index (χ0n) is 10.8. The molecule has 100 valence electrons. The van der Waals surface area contributed by atoms with Crippen LogP contribution in [-0.2, 0) is 6.54 Å². The summed E-state index contributed by atoms with van der Waals surface area (Å²) in [5.74, 6) is -0.220. The van der Waals surface area contributed by atoms with Gasteiger partial charge in [-0.15, -0.1) is 0 Å². The summed E-state index contributed by atoms with van der Waals surface area (Å²) in [4.78, 5) is 27.5. The van der Waals surface area contributed by atoms with E-state index in [1.54, 1.807) is 0 Å². The van der Waals surface area contributed by atoms with E-state index in [2.05, 4.69) is 9.88 Å². The molecule has 0 saturated carbocycles. The molecular formula is C12H19N3O3. The average Bonchev–Trinajstić information content (AvgIpc) is 2.34. The summed E-state index contributed by atoms with van der Waals surface area (Å²) in [6.07, 6.45) is 3.30. The molecule has 18 heavy (non-hydrogen) atoms. The summed E-state index contributed by atoms with van der Waals surface area (Å²) in [7, 11) is 2.02. The Morgan fingerprint density at radius 1 is 1.39 bits per heavy atom. The minimum Gasteiger partial charge on any atom is -0.494 e. The first-order chi connectivity index (χ1) is 8.50. The van der Waals surface area contributed by atoms with Crippen LogP contribution in [0.5, 0.6) is 5.88 Å². The van der Waals surface area contributed by atoms with Crippen LogP contribution in [0.4, 0.5) is 0 Å². The Labute approximate surface area is 105 Å². The van der Waals surface area contributed by atoms with Gasteiger partial charge < -0.3 is 10.0 Å². The molecule has 0 aromatic carbocycles. The van der Waals surface area contributed by atoms with Gasteiger partial charge >= 0.3 is 5.69 Å². The molecule has 1 unspecified atom stereocenters. The molecule has 1 aliphatic rings. The molecule has 0 amide bonds. The maximum absolute atomic E-state index is 11.7. The van der Waals surface area contributed by atoms with Gasteiger partial charge in [0.2, 0.25) is 5.88 Å². The minimum absolute atomic E-state index is 0.188. The first-order valence-corrected chi connectivity index (χ1v) is 6.23. The van der Waals surface area contributed by atoms with Gasteiger partial charge in [-0.3, -0.25) is 14.3 Å². The lowest BCUT2D eigenvalue weighted by molar-refractivity contribution is 0.161. The summed E-state index contributed by atoms with van der Waals surface area (Å²) < 4.78 is 1.25. The molecule has 2 N–H and O–H groups in total. The van der Waals surface area contributed by atoms with Crippen molar-refractivity contribution in [3.8, 4) is 5.88 Å². The third-order valence-corrected chi connectivity index (χ3v) is 3.71. The summed E-state index contributed by atoms with van der Waals surface area (Å²) in [6, 6.07) is 0.229. The summed E-state index contributed by atoms with van der Waals surface area (Å²) in [5.41, 5.74) is -0.874. The average molecular weight is 253 g/mol. The fourth-order valence-electron chi connectivity index (χ4n) is 2.41. The Morgan fingerprint density at radius 2 is 2.11 bits per heavy atom. The Morgan fingerprint density at radius 3 is 2.78 bits per heavy atom. The normalized spacial score (nSPS) is 21.1. The van der Waals surface area contributed by atoms with Gasteiger partial charge in [-0.25, -0.2) is 4.79 Å². The second-order valence-corrected chi connectivity index (χ2v) is 4.95. The number of likely N-dealkylation sites (tertiary alicyclic amines) is 1. The molecule has 0 radical (unpaired) electrons. The molecule has 1 aliphatic heterocycles. The fraction of sp³-hybridized carbons (Fsp3) is 0.667. The minimum atomic E-state index is -0.540. The number of aromatic nitrogens is 2. The van der Waals surface area contributed by atoms with E-state index in [1.165, 1.54) is 17.9 Å². The van der Waals surface area contributed by atoms with Gasteiger partial charge in [0.15, 0.2) is 0 Å². The Kier molecular flexibility index (Phi) is 3.56. The molecule has 0 aliphatic carbocycles. The van der Waals surface area contributed by atoms with Gasteiger partial charge in [-0.2, -0.15) is 0 Å². The molecule has 6 heteroatoms. The lowest BCUT2D eigenvalue weighted by Crippen LogP contribution is -2.42. The van der Waals surface area contributed by atoms with Crippen molar-refractivity contribution in [2.45, 2.75) is 38.8 Å². The van der Waals surface area contributed by atoms with Crippen molar-refractivity contribution in [1.82, 2.24) is 14.5 Å². The van der Waals surface area contributed by atoms with Crippen molar-refractivity contribution < 1.29 is 5.11 Å². The van der Waals surface area contributed by atoms with E-state index in [0.29, 0.717) is 6.54 Å². The number of aromatic amines is 1. The van der Waals surface area contributed by atoms with Crippen molar-refractivity contribution in [1.29, 1.82) is 0 Å². The largest absolute Gasteiger partial charge is 0.494 e. The van der Waals surface area contributed by atoms with Crippen molar-refractivity contribution >= 4 is 0 Å². The summed E-state index contributed by atoms with van der Waals surface area (Å²) >= 11 is 0. The molecule has 1 aromatic heterocycles.